The van der Waals surface area contributed by atoms with Crippen LogP contribution in [0.3, 0.4) is 0 Å². The van der Waals surface area contributed by atoms with Gasteiger partial charge in [-0.3, -0.25) is 14.4 Å². The molecule has 0 heterocycles. The molecule has 1 N–H and O–H groups in total. The summed E-state index contributed by atoms with van der Waals surface area (Å²) in [5, 5.41) is 7.42. The number of carbonyl (C=O) groups is 3. The molecule has 0 saturated heterocycles. The molecular weight excluding hydrogens is 452 g/mol. The van der Waals surface area contributed by atoms with Crippen LogP contribution in [0.25, 0.3) is 0 Å². The number of allylic oxidation sites excluding steroid dienone is 10. The molecule has 0 aliphatic carbocycles. The second kappa shape index (κ2) is 27.3. The molecular formula is C27H44O8. The van der Waals surface area contributed by atoms with Gasteiger partial charge in [0.1, 0.15) is 12.6 Å². The van der Waals surface area contributed by atoms with Crippen molar-refractivity contribution < 1.29 is 38.4 Å². The van der Waals surface area contributed by atoms with E-state index in [0.717, 1.165) is 30.6 Å². The van der Waals surface area contributed by atoms with E-state index in [1.807, 2.05) is 38.2 Å². The molecule has 0 saturated carbocycles. The Balaban J connectivity index is -0.000000244. The zero-order valence-corrected chi connectivity index (χ0v) is 21.7. The predicted octanol–water partition coefficient (Wildman–Crippen LogP) is 5.23. The number of carboxylic acid groups (broad SMARTS) is 1. The molecule has 8 heteroatoms. The molecule has 0 unspecified atom stereocenters. The fraction of sp³-hybridized carbons (Fsp3) is 0.444. The van der Waals surface area contributed by atoms with Crippen LogP contribution in [-0.2, 0) is 33.3 Å². The molecule has 35 heavy (non-hydrogen) atoms. The SMILES string of the molecule is C.CC(=O)O.COC(OC)C(C)=C/C=C/C=C(C)C(OC)OC.C\C(C=O)=C/C=C/C=C(\C)C=O. The first-order chi connectivity index (χ1) is 16.0. The maximum atomic E-state index is 10.1. The molecule has 0 atom stereocenters. The lowest BCUT2D eigenvalue weighted by Gasteiger charge is -2.13. The monoisotopic (exact) mass is 496 g/mol. The van der Waals surface area contributed by atoms with Crippen LogP contribution in [0.4, 0.5) is 0 Å². The van der Waals surface area contributed by atoms with Crippen molar-refractivity contribution in [2.45, 2.75) is 54.6 Å². The van der Waals surface area contributed by atoms with Gasteiger partial charge in [0, 0.05) is 35.4 Å². The van der Waals surface area contributed by atoms with Crippen LogP contribution in [0, 0.1) is 0 Å². The van der Waals surface area contributed by atoms with E-state index >= 15 is 0 Å². The van der Waals surface area contributed by atoms with Crippen molar-refractivity contribution >= 4 is 18.5 Å². The Hall–Kier alpha value is -2.91. The zero-order valence-electron chi connectivity index (χ0n) is 21.7. The van der Waals surface area contributed by atoms with Gasteiger partial charge in [0.05, 0.1) is 0 Å². The lowest BCUT2D eigenvalue weighted by molar-refractivity contribution is -0.134. The Morgan fingerprint density at radius 1 is 0.600 bits per heavy atom. The molecule has 0 bridgehead atoms. The maximum Gasteiger partial charge on any atom is 0.300 e. The summed E-state index contributed by atoms with van der Waals surface area (Å²) in [7, 11) is 6.45. The summed E-state index contributed by atoms with van der Waals surface area (Å²) in [6, 6.07) is 0. The summed E-state index contributed by atoms with van der Waals surface area (Å²) >= 11 is 0. The molecule has 0 aromatic heterocycles. The van der Waals surface area contributed by atoms with Crippen molar-refractivity contribution in [1.29, 1.82) is 0 Å². The Bertz CT molecular complexity index is 687. The average Bonchev–Trinajstić information content (AvgIpc) is 2.80. The van der Waals surface area contributed by atoms with E-state index in [4.69, 9.17) is 28.8 Å². The second-order valence-electron chi connectivity index (χ2n) is 6.77. The van der Waals surface area contributed by atoms with Crippen LogP contribution < -0.4 is 0 Å². The number of carbonyl (C=O) groups excluding carboxylic acids is 2. The summed E-state index contributed by atoms with van der Waals surface area (Å²) < 4.78 is 20.5. The fourth-order valence-electron chi connectivity index (χ4n) is 2.00. The third-order valence-corrected chi connectivity index (χ3v) is 3.63. The Morgan fingerprint density at radius 3 is 1.03 bits per heavy atom. The van der Waals surface area contributed by atoms with Crippen LogP contribution >= 0.6 is 0 Å². The van der Waals surface area contributed by atoms with Gasteiger partial charge >= 0.3 is 0 Å². The third-order valence-electron chi connectivity index (χ3n) is 3.63. The minimum atomic E-state index is -0.833. The van der Waals surface area contributed by atoms with Crippen molar-refractivity contribution in [3.8, 4) is 0 Å². The minimum Gasteiger partial charge on any atom is -0.481 e. The van der Waals surface area contributed by atoms with E-state index in [2.05, 4.69) is 0 Å². The minimum absolute atomic E-state index is 0. The van der Waals surface area contributed by atoms with E-state index in [1.54, 1.807) is 66.6 Å². The molecule has 0 amide bonds. The molecule has 0 rings (SSSR count). The number of methoxy groups -OCH3 is 4. The van der Waals surface area contributed by atoms with Gasteiger partial charge in [-0.15, -0.1) is 0 Å². The van der Waals surface area contributed by atoms with Gasteiger partial charge in [0.15, 0.2) is 12.6 Å². The van der Waals surface area contributed by atoms with E-state index < -0.39 is 5.97 Å². The topological polar surface area (TPSA) is 108 Å². The standard InChI is InChI=1S/C14H24O4.C10H12O2.C2H4O2.CH4/c1-11(13(15-3)16-4)9-7-8-10-12(2)14(17-5)18-6;1-9(7-11)5-3-4-6-10(2)8-12;1-2(3)4;/h7-10,13-14H,1-6H3;3-8H,1-2H3;1H3,(H,3,4);1H4/b8-7+,11-9?,12-10?;4-3+,9-5+,10-6+;;. The molecule has 0 aromatic rings. The number of carboxylic acids is 1. The number of aliphatic carboxylic acids is 1. The molecule has 200 valence electrons. The first kappa shape index (κ1) is 39.3. The molecule has 0 spiro atoms. The number of ether oxygens (including phenoxy) is 4. The second-order valence-corrected chi connectivity index (χ2v) is 6.77. The van der Waals surface area contributed by atoms with E-state index in [-0.39, 0.29) is 20.0 Å². The largest absolute Gasteiger partial charge is 0.481 e. The summed E-state index contributed by atoms with van der Waals surface area (Å²) in [6.07, 6.45) is 15.5. The zero-order chi connectivity index (χ0) is 26.9. The molecule has 8 nitrogen and oxygen atoms in total. The Kier molecular flexibility index (Phi) is 30.7. The Labute approximate surface area is 211 Å². The lowest BCUT2D eigenvalue weighted by Crippen LogP contribution is -2.14. The number of hydrogen-bond donors (Lipinski definition) is 1. The number of aldehydes is 2. The van der Waals surface area contributed by atoms with Gasteiger partial charge in [-0.2, -0.15) is 0 Å². The highest BCUT2D eigenvalue weighted by atomic mass is 16.7. The van der Waals surface area contributed by atoms with Gasteiger partial charge in [-0.25, -0.2) is 0 Å². The number of hydrogen-bond acceptors (Lipinski definition) is 7. The highest BCUT2D eigenvalue weighted by molar-refractivity contribution is 5.73. The molecule has 0 aliphatic heterocycles. The number of rotatable bonds is 12. The third kappa shape index (κ3) is 27.2. The van der Waals surface area contributed by atoms with Crippen molar-refractivity contribution in [2.75, 3.05) is 28.4 Å². The van der Waals surface area contributed by atoms with Gasteiger partial charge in [-0.05, 0) is 50.0 Å². The fourth-order valence-corrected chi connectivity index (χ4v) is 2.00. The first-order valence-corrected chi connectivity index (χ1v) is 10.3. The molecule has 0 aliphatic rings. The Morgan fingerprint density at radius 2 is 0.829 bits per heavy atom. The molecule has 0 radical (unpaired) electrons. The van der Waals surface area contributed by atoms with Crippen LogP contribution in [0.2, 0.25) is 0 Å². The smallest absolute Gasteiger partial charge is 0.300 e. The van der Waals surface area contributed by atoms with Crippen LogP contribution in [-0.4, -0.2) is 64.7 Å². The van der Waals surface area contributed by atoms with E-state index in [0.29, 0.717) is 11.1 Å². The summed E-state index contributed by atoms with van der Waals surface area (Å²) in [5.41, 5.74) is 3.31. The maximum absolute atomic E-state index is 10.1. The van der Waals surface area contributed by atoms with Crippen LogP contribution in [0.5, 0.6) is 0 Å². The highest BCUT2D eigenvalue weighted by Crippen LogP contribution is 2.08. The lowest BCUT2D eigenvalue weighted by atomic mass is 10.2. The van der Waals surface area contributed by atoms with Crippen LogP contribution in [0.1, 0.15) is 42.0 Å². The first-order valence-electron chi connectivity index (χ1n) is 10.3. The molecule has 0 fully saturated rings. The van der Waals surface area contributed by atoms with E-state index in [1.165, 1.54) is 0 Å². The average molecular weight is 497 g/mol. The van der Waals surface area contributed by atoms with Gasteiger partial charge in [-0.1, -0.05) is 56.0 Å². The quantitative estimate of drug-likeness (QED) is 0.169. The highest BCUT2D eigenvalue weighted by Gasteiger charge is 2.06. The predicted molar refractivity (Wildman–Crippen MR) is 141 cm³/mol. The van der Waals surface area contributed by atoms with Crippen molar-refractivity contribution in [2.24, 2.45) is 0 Å². The van der Waals surface area contributed by atoms with Gasteiger partial charge in [0.2, 0.25) is 0 Å². The van der Waals surface area contributed by atoms with Gasteiger partial charge < -0.3 is 24.1 Å². The molecule has 0 aromatic carbocycles. The van der Waals surface area contributed by atoms with Crippen molar-refractivity contribution in [3.05, 3.63) is 70.9 Å². The normalized spacial score (nSPS) is 12.7. The van der Waals surface area contributed by atoms with Crippen molar-refractivity contribution in [3.63, 3.8) is 0 Å². The summed E-state index contributed by atoms with van der Waals surface area (Å²) in [4.78, 5) is 29.2. The van der Waals surface area contributed by atoms with Crippen molar-refractivity contribution in [1.82, 2.24) is 0 Å². The van der Waals surface area contributed by atoms with Gasteiger partial charge in [0.25, 0.3) is 5.97 Å². The van der Waals surface area contributed by atoms with Crippen LogP contribution in [0.15, 0.2) is 70.9 Å². The summed E-state index contributed by atoms with van der Waals surface area (Å²) in [6.45, 7) is 8.42. The summed E-state index contributed by atoms with van der Waals surface area (Å²) in [5.74, 6) is -0.833. The van der Waals surface area contributed by atoms with E-state index in [9.17, 15) is 9.59 Å².